The number of rotatable bonds is 6. The zero-order chi connectivity index (χ0) is 11.1. The van der Waals surface area contributed by atoms with Gasteiger partial charge in [-0.3, -0.25) is 0 Å². The number of hydrogen-bond donors (Lipinski definition) is 1. The summed E-state index contributed by atoms with van der Waals surface area (Å²) in [6.07, 6.45) is -0.972. The van der Waals surface area contributed by atoms with Crippen molar-refractivity contribution in [1.29, 1.82) is 0 Å². The van der Waals surface area contributed by atoms with Crippen LogP contribution in [0, 0.1) is 0 Å². The van der Waals surface area contributed by atoms with Crippen LogP contribution in [0.4, 0.5) is 0 Å². The van der Waals surface area contributed by atoms with E-state index in [1.807, 2.05) is 18.2 Å². The minimum Gasteiger partial charge on any atom is -0.550 e. The maximum absolute atomic E-state index is 10.1. The summed E-state index contributed by atoms with van der Waals surface area (Å²) in [4.78, 5) is 10.1. The fraction of sp³-hybridized carbons (Fsp3) is 0.364. The summed E-state index contributed by atoms with van der Waals surface area (Å²) < 4.78 is 5.28. The smallest absolute Gasteiger partial charge is 0.119 e. The van der Waals surface area contributed by atoms with E-state index in [9.17, 15) is 15.0 Å². The van der Waals surface area contributed by atoms with Gasteiger partial charge in [-0.05, 0) is 12.1 Å². The number of aliphatic carboxylic acids is 1. The summed E-state index contributed by atoms with van der Waals surface area (Å²) in [5.74, 6) is -0.541. The first-order chi connectivity index (χ1) is 7.18. The van der Waals surface area contributed by atoms with Crippen LogP contribution in [0.1, 0.15) is 12.8 Å². The fourth-order valence-electron chi connectivity index (χ4n) is 1.12. The highest BCUT2D eigenvalue weighted by Crippen LogP contribution is 2.09. The Morgan fingerprint density at radius 3 is 2.67 bits per heavy atom. The van der Waals surface area contributed by atoms with Crippen molar-refractivity contribution < 1.29 is 19.7 Å². The number of aliphatic hydroxyl groups is 1. The van der Waals surface area contributed by atoms with Gasteiger partial charge in [-0.15, -0.1) is 0 Å². The second kappa shape index (κ2) is 6.03. The number of ether oxygens (including phenoxy) is 1. The summed E-state index contributed by atoms with van der Waals surface area (Å²) in [5.41, 5.74) is 0. The van der Waals surface area contributed by atoms with Gasteiger partial charge >= 0.3 is 0 Å². The number of aliphatic hydroxyl groups excluding tert-OH is 1. The molecule has 0 amide bonds. The van der Waals surface area contributed by atoms with Crippen LogP contribution in [0.3, 0.4) is 0 Å². The number of carboxylic acids is 1. The second-order valence-corrected chi connectivity index (χ2v) is 3.18. The Kier molecular flexibility index (Phi) is 4.63. The molecule has 0 aliphatic heterocycles. The van der Waals surface area contributed by atoms with Gasteiger partial charge in [-0.25, -0.2) is 0 Å². The Labute approximate surface area is 88.1 Å². The van der Waals surface area contributed by atoms with E-state index in [1.165, 1.54) is 0 Å². The average Bonchev–Trinajstić information content (AvgIpc) is 2.18. The van der Waals surface area contributed by atoms with E-state index in [0.717, 1.165) is 0 Å². The molecule has 0 saturated heterocycles. The van der Waals surface area contributed by atoms with Crippen molar-refractivity contribution in [2.45, 2.75) is 18.9 Å². The van der Waals surface area contributed by atoms with Gasteiger partial charge in [0.1, 0.15) is 5.75 Å². The van der Waals surface area contributed by atoms with Crippen molar-refractivity contribution in [2.75, 3.05) is 6.61 Å². The highest BCUT2D eigenvalue weighted by molar-refractivity contribution is 5.64. The van der Waals surface area contributed by atoms with Crippen molar-refractivity contribution in [3.8, 4) is 5.75 Å². The predicted octanol–water partition coefficient (Wildman–Crippen LogP) is -0.0436. The molecule has 1 N–H and O–H groups in total. The van der Waals surface area contributed by atoms with E-state index in [0.29, 0.717) is 12.4 Å². The molecule has 0 aliphatic rings. The third-order valence-electron chi connectivity index (χ3n) is 1.87. The summed E-state index contributed by atoms with van der Waals surface area (Å²) in [7, 11) is 0. The van der Waals surface area contributed by atoms with Crippen molar-refractivity contribution in [1.82, 2.24) is 0 Å². The molecule has 1 aromatic carbocycles. The summed E-state index contributed by atoms with van der Waals surface area (Å²) in [6, 6.07) is 9.15. The van der Waals surface area contributed by atoms with Crippen molar-refractivity contribution in [2.24, 2.45) is 0 Å². The molecule has 1 atom stereocenters. The first kappa shape index (κ1) is 11.5. The third-order valence-corrected chi connectivity index (χ3v) is 1.87. The topological polar surface area (TPSA) is 69.6 Å². The van der Waals surface area contributed by atoms with Gasteiger partial charge in [0.15, 0.2) is 0 Å². The fourth-order valence-corrected chi connectivity index (χ4v) is 1.12. The number of benzene rings is 1. The molecule has 0 aromatic heterocycles. The van der Waals surface area contributed by atoms with Crippen molar-refractivity contribution >= 4 is 5.97 Å². The van der Waals surface area contributed by atoms with E-state index in [1.54, 1.807) is 12.1 Å². The Morgan fingerprint density at radius 1 is 1.40 bits per heavy atom. The van der Waals surface area contributed by atoms with Gasteiger partial charge in [0.2, 0.25) is 0 Å². The second-order valence-electron chi connectivity index (χ2n) is 3.18. The van der Waals surface area contributed by atoms with Crippen LogP contribution >= 0.6 is 0 Å². The molecule has 1 aromatic rings. The van der Waals surface area contributed by atoms with Crippen LogP contribution in [0.5, 0.6) is 5.75 Å². The Morgan fingerprint density at radius 2 is 2.07 bits per heavy atom. The van der Waals surface area contributed by atoms with Gasteiger partial charge in [-0.2, -0.15) is 0 Å². The zero-order valence-electron chi connectivity index (χ0n) is 8.26. The van der Waals surface area contributed by atoms with Crippen LogP contribution in [-0.4, -0.2) is 23.8 Å². The summed E-state index contributed by atoms with van der Waals surface area (Å²) in [5, 5.41) is 19.3. The van der Waals surface area contributed by atoms with E-state index in [2.05, 4.69) is 0 Å². The monoisotopic (exact) mass is 209 g/mol. The molecule has 0 aliphatic carbocycles. The lowest BCUT2D eigenvalue weighted by Crippen LogP contribution is -2.28. The van der Waals surface area contributed by atoms with E-state index in [-0.39, 0.29) is 12.8 Å². The first-order valence-electron chi connectivity index (χ1n) is 4.74. The van der Waals surface area contributed by atoms with Crippen LogP contribution in [-0.2, 0) is 4.79 Å². The Bertz CT molecular complexity index is 297. The van der Waals surface area contributed by atoms with Crippen LogP contribution in [0.15, 0.2) is 30.3 Å². The number of carbonyl (C=O) groups is 1. The molecular weight excluding hydrogens is 196 g/mol. The maximum atomic E-state index is 10.1. The maximum Gasteiger partial charge on any atom is 0.119 e. The molecule has 0 heterocycles. The van der Waals surface area contributed by atoms with Gasteiger partial charge < -0.3 is 19.7 Å². The molecule has 15 heavy (non-hydrogen) atoms. The molecule has 4 heteroatoms. The first-order valence-corrected chi connectivity index (χ1v) is 4.74. The molecule has 0 fully saturated rings. The zero-order valence-corrected chi connectivity index (χ0v) is 8.26. The highest BCUT2D eigenvalue weighted by atomic mass is 16.5. The molecule has 82 valence electrons. The minimum absolute atomic E-state index is 0.281. The molecule has 0 radical (unpaired) electrons. The van der Waals surface area contributed by atoms with E-state index < -0.39 is 12.1 Å². The van der Waals surface area contributed by atoms with Crippen molar-refractivity contribution in [3.63, 3.8) is 0 Å². The number of hydrogen-bond acceptors (Lipinski definition) is 4. The average molecular weight is 209 g/mol. The summed E-state index contributed by atoms with van der Waals surface area (Å²) >= 11 is 0. The molecule has 0 spiro atoms. The normalized spacial score (nSPS) is 12.1. The third kappa shape index (κ3) is 5.02. The lowest BCUT2D eigenvalue weighted by atomic mass is 10.2. The Hall–Kier alpha value is -1.55. The van der Waals surface area contributed by atoms with Crippen LogP contribution in [0.25, 0.3) is 0 Å². The molecule has 1 unspecified atom stereocenters. The lowest BCUT2D eigenvalue weighted by molar-refractivity contribution is -0.307. The van der Waals surface area contributed by atoms with Crippen LogP contribution in [0.2, 0.25) is 0 Å². The van der Waals surface area contributed by atoms with Gasteiger partial charge in [0.25, 0.3) is 0 Å². The van der Waals surface area contributed by atoms with Gasteiger partial charge in [0.05, 0.1) is 12.7 Å². The summed E-state index contributed by atoms with van der Waals surface area (Å²) in [6.45, 7) is 0.290. The molecule has 0 saturated carbocycles. The lowest BCUT2D eigenvalue weighted by Gasteiger charge is -2.11. The standard InChI is InChI=1S/C11H14O4/c12-9(8-11(13)14)6-7-15-10-4-2-1-3-5-10/h1-5,9,12H,6-8H2,(H,13,14)/p-1. The number of carboxylic acid groups (broad SMARTS) is 1. The quantitative estimate of drug-likeness (QED) is 0.713. The molecular formula is C11H13O4-. The van der Waals surface area contributed by atoms with Crippen LogP contribution < -0.4 is 9.84 Å². The predicted molar refractivity (Wildman–Crippen MR) is 52.2 cm³/mol. The Balaban J connectivity index is 2.19. The number of para-hydroxylation sites is 1. The number of carbonyl (C=O) groups excluding carboxylic acids is 1. The van der Waals surface area contributed by atoms with Gasteiger partial charge in [0, 0.05) is 18.8 Å². The minimum atomic E-state index is -1.25. The van der Waals surface area contributed by atoms with Gasteiger partial charge in [-0.1, -0.05) is 18.2 Å². The molecule has 4 nitrogen and oxygen atoms in total. The molecule has 0 bridgehead atoms. The highest BCUT2D eigenvalue weighted by Gasteiger charge is 2.04. The largest absolute Gasteiger partial charge is 0.550 e. The van der Waals surface area contributed by atoms with E-state index >= 15 is 0 Å². The van der Waals surface area contributed by atoms with E-state index in [4.69, 9.17) is 4.74 Å². The van der Waals surface area contributed by atoms with Crippen molar-refractivity contribution in [3.05, 3.63) is 30.3 Å². The molecule has 1 rings (SSSR count). The SMILES string of the molecule is O=C([O-])CC(O)CCOc1ccccc1.